The lowest BCUT2D eigenvalue weighted by Gasteiger charge is -2.39. The van der Waals surface area contributed by atoms with Crippen LogP contribution < -0.4 is 10.2 Å². The highest BCUT2D eigenvalue weighted by Gasteiger charge is 2.25. The van der Waals surface area contributed by atoms with Crippen LogP contribution in [0.5, 0.6) is 0 Å². The van der Waals surface area contributed by atoms with Gasteiger partial charge in [-0.3, -0.25) is 9.69 Å². The van der Waals surface area contributed by atoms with E-state index in [0.717, 1.165) is 56.5 Å². The number of piperazine rings is 2. The Morgan fingerprint density at radius 3 is 2.74 bits per heavy atom. The summed E-state index contributed by atoms with van der Waals surface area (Å²) in [7, 11) is 0. The summed E-state index contributed by atoms with van der Waals surface area (Å²) in [4.78, 5) is 19.1. The highest BCUT2D eigenvalue weighted by atomic mass is 35.5. The molecule has 2 aliphatic rings. The predicted octanol–water partition coefficient (Wildman–Crippen LogP) is 1.28. The number of nitrogens with zero attached hydrogens (tertiary/aromatic N) is 3. The summed E-state index contributed by atoms with van der Waals surface area (Å²) < 4.78 is 0. The Morgan fingerprint density at radius 2 is 2.04 bits per heavy atom. The molecule has 5 nitrogen and oxygen atoms in total. The van der Waals surface area contributed by atoms with Gasteiger partial charge in [-0.1, -0.05) is 17.7 Å². The highest BCUT2D eigenvalue weighted by Crippen LogP contribution is 2.20. The first-order chi connectivity index (χ1) is 11.1. The van der Waals surface area contributed by atoms with E-state index in [4.69, 9.17) is 11.6 Å². The molecule has 0 unspecified atom stereocenters. The molecule has 0 saturated carbocycles. The number of carbonyl (C=O) groups excluding carboxylic acids is 1. The van der Waals surface area contributed by atoms with Gasteiger partial charge in [-0.2, -0.15) is 0 Å². The molecule has 2 fully saturated rings. The second-order valence-corrected chi connectivity index (χ2v) is 6.81. The summed E-state index contributed by atoms with van der Waals surface area (Å²) in [5.74, 6) is 0.254. The number of anilines is 1. The normalized spacial score (nSPS) is 23.1. The van der Waals surface area contributed by atoms with Crippen molar-refractivity contribution in [3.05, 3.63) is 29.3 Å². The average molecular weight is 337 g/mol. The molecular weight excluding hydrogens is 312 g/mol. The molecule has 23 heavy (non-hydrogen) atoms. The fourth-order valence-corrected chi connectivity index (χ4v) is 3.46. The quantitative estimate of drug-likeness (QED) is 0.902. The Balaban J connectivity index is 1.51. The van der Waals surface area contributed by atoms with Crippen LogP contribution in [-0.4, -0.2) is 74.1 Å². The van der Waals surface area contributed by atoms with E-state index in [2.05, 4.69) is 28.1 Å². The Labute approximate surface area is 143 Å². The van der Waals surface area contributed by atoms with Gasteiger partial charge < -0.3 is 15.1 Å². The largest absolute Gasteiger partial charge is 0.368 e. The fraction of sp³-hybridized carbons (Fsp3) is 0.588. The zero-order valence-corrected chi connectivity index (χ0v) is 14.4. The van der Waals surface area contributed by atoms with Crippen molar-refractivity contribution in [3.8, 4) is 0 Å². The monoisotopic (exact) mass is 336 g/mol. The van der Waals surface area contributed by atoms with Crippen LogP contribution in [0.15, 0.2) is 24.3 Å². The lowest BCUT2D eigenvalue weighted by atomic mass is 10.2. The van der Waals surface area contributed by atoms with E-state index in [1.807, 2.05) is 23.1 Å². The zero-order chi connectivity index (χ0) is 16.2. The molecular formula is C17H25ClN4O. The molecule has 0 aromatic heterocycles. The Hall–Kier alpha value is -1.30. The average Bonchev–Trinajstić information content (AvgIpc) is 2.57. The van der Waals surface area contributed by atoms with Crippen LogP contribution in [-0.2, 0) is 4.79 Å². The number of benzene rings is 1. The zero-order valence-electron chi connectivity index (χ0n) is 13.7. The highest BCUT2D eigenvalue weighted by molar-refractivity contribution is 6.30. The molecule has 2 aliphatic heterocycles. The van der Waals surface area contributed by atoms with Crippen LogP contribution >= 0.6 is 11.6 Å². The molecule has 1 N–H and O–H groups in total. The molecule has 1 atom stereocenters. The van der Waals surface area contributed by atoms with Gasteiger partial charge in [-0.05, 0) is 25.1 Å². The molecule has 6 heteroatoms. The molecule has 126 valence electrons. The van der Waals surface area contributed by atoms with Gasteiger partial charge in [0, 0.05) is 62.6 Å². The first kappa shape index (κ1) is 16.6. The first-order valence-electron chi connectivity index (χ1n) is 8.36. The molecule has 1 amide bonds. The number of hydrogen-bond donors (Lipinski definition) is 1. The number of carbonyl (C=O) groups is 1. The van der Waals surface area contributed by atoms with Gasteiger partial charge in [0.05, 0.1) is 6.54 Å². The maximum Gasteiger partial charge on any atom is 0.236 e. The van der Waals surface area contributed by atoms with Crippen molar-refractivity contribution in [3.63, 3.8) is 0 Å². The summed E-state index contributed by atoms with van der Waals surface area (Å²) in [5, 5.41) is 4.12. The van der Waals surface area contributed by atoms with Gasteiger partial charge in [0.1, 0.15) is 0 Å². The van der Waals surface area contributed by atoms with Gasteiger partial charge in [-0.25, -0.2) is 0 Å². The summed E-state index contributed by atoms with van der Waals surface area (Å²) in [6, 6.07) is 8.36. The van der Waals surface area contributed by atoms with Crippen LogP contribution in [0.4, 0.5) is 5.69 Å². The fourth-order valence-electron chi connectivity index (χ4n) is 3.28. The second-order valence-electron chi connectivity index (χ2n) is 6.37. The maximum atomic E-state index is 12.5. The maximum absolute atomic E-state index is 12.5. The van der Waals surface area contributed by atoms with E-state index in [9.17, 15) is 4.79 Å². The Morgan fingerprint density at radius 1 is 1.26 bits per heavy atom. The van der Waals surface area contributed by atoms with E-state index in [1.54, 1.807) is 0 Å². The van der Waals surface area contributed by atoms with Gasteiger partial charge >= 0.3 is 0 Å². The van der Waals surface area contributed by atoms with Gasteiger partial charge in [0.2, 0.25) is 5.91 Å². The lowest BCUT2D eigenvalue weighted by molar-refractivity contribution is -0.133. The summed E-state index contributed by atoms with van der Waals surface area (Å²) in [6.45, 7) is 8.91. The first-order valence-corrected chi connectivity index (χ1v) is 8.74. The Kier molecular flexibility index (Phi) is 5.41. The predicted molar refractivity (Wildman–Crippen MR) is 94.1 cm³/mol. The van der Waals surface area contributed by atoms with Gasteiger partial charge in [0.15, 0.2) is 0 Å². The van der Waals surface area contributed by atoms with Crippen molar-refractivity contribution in [2.45, 2.75) is 13.0 Å². The van der Waals surface area contributed by atoms with Crippen molar-refractivity contribution < 1.29 is 4.79 Å². The van der Waals surface area contributed by atoms with Crippen molar-refractivity contribution in [1.82, 2.24) is 15.1 Å². The molecule has 0 aliphatic carbocycles. The molecule has 1 aromatic rings. The third kappa shape index (κ3) is 4.16. The van der Waals surface area contributed by atoms with Crippen LogP contribution in [0, 0.1) is 0 Å². The molecule has 1 aromatic carbocycles. The second kappa shape index (κ2) is 7.51. The van der Waals surface area contributed by atoms with Crippen LogP contribution in [0.2, 0.25) is 5.02 Å². The van der Waals surface area contributed by atoms with Crippen molar-refractivity contribution in [2.75, 3.05) is 57.3 Å². The van der Waals surface area contributed by atoms with E-state index in [0.29, 0.717) is 12.6 Å². The molecule has 3 rings (SSSR count). The van der Waals surface area contributed by atoms with Crippen LogP contribution in [0.1, 0.15) is 6.92 Å². The minimum absolute atomic E-state index is 0.254. The molecule has 2 heterocycles. The number of hydrogen-bond acceptors (Lipinski definition) is 4. The topological polar surface area (TPSA) is 38.8 Å². The molecule has 0 radical (unpaired) electrons. The van der Waals surface area contributed by atoms with E-state index in [1.165, 1.54) is 0 Å². The number of halogens is 1. The minimum atomic E-state index is 0.254. The van der Waals surface area contributed by atoms with E-state index < -0.39 is 0 Å². The SMILES string of the molecule is C[C@H]1CNCCN1CC(=O)N1CCN(c2cccc(Cl)c2)CC1. The smallest absolute Gasteiger partial charge is 0.236 e. The van der Waals surface area contributed by atoms with Crippen LogP contribution in [0.3, 0.4) is 0 Å². The van der Waals surface area contributed by atoms with Crippen LogP contribution in [0.25, 0.3) is 0 Å². The van der Waals surface area contributed by atoms with Crippen molar-refractivity contribution in [1.29, 1.82) is 0 Å². The standard InChI is InChI=1S/C17H25ClN4O/c1-14-12-19-5-6-22(14)13-17(23)21-9-7-20(8-10-21)16-4-2-3-15(18)11-16/h2-4,11,14,19H,5-10,12-13H2,1H3/t14-/m0/s1. The number of rotatable bonds is 3. The molecule has 0 spiro atoms. The lowest BCUT2D eigenvalue weighted by Crippen LogP contribution is -2.55. The van der Waals surface area contributed by atoms with E-state index in [-0.39, 0.29) is 5.91 Å². The third-order valence-corrected chi connectivity index (χ3v) is 5.02. The molecule has 2 saturated heterocycles. The summed E-state index contributed by atoms with van der Waals surface area (Å²) in [5.41, 5.74) is 1.14. The minimum Gasteiger partial charge on any atom is -0.368 e. The number of nitrogens with one attached hydrogen (secondary N) is 1. The molecule has 0 bridgehead atoms. The Bertz CT molecular complexity index is 545. The number of amides is 1. The van der Waals surface area contributed by atoms with Crippen molar-refractivity contribution >= 4 is 23.2 Å². The van der Waals surface area contributed by atoms with E-state index >= 15 is 0 Å². The summed E-state index contributed by atoms with van der Waals surface area (Å²) >= 11 is 6.06. The van der Waals surface area contributed by atoms with Gasteiger partial charge in [0.25, 0.3) is 0 Å². The third-order valence-electron chi connectivity index (χ3n) is 4.78. The van der Waals surface area contributed by atoms with Crippen molar-refractivity contribution in [2.24, 2.45) is 0 Å². The van der Waals surface area contributed by atoms with Gasteiger partial charge in [-0.15, -0.1) is 0 Å². The summed E-state index contributed by atoms with van der Waals surface area (Å²) in [6.07, 6.45) is 0.